The molecule has 0 spiro atoms. The van der Waals surface area contributed by atoms with E-state index in [0.717, 1.165) is 18.5 Å². The third kappa shape index (κ3) is 3.83. The van der Waals surface area contributed by atoms with Gasteiger partial charge in [-0.05, 0) is 44.0 Å². The highest BCUT2D eigenvalue weighted by Crippen LogP contribution is 2.23. The third-order valence-electron chi connectivity index (χ3n) is 3.82. The van der Waals surface area contributed by atoms with Crippen LogP contribution in [0.4, 0.5) is 0 Å². The Morgan fingerprint density at radius 2 is 2.24 bits per heavy atom. The second-order valence-electron chi connectivity index (χ2n) is 5.55. The molecule has 2 atom stereocenters. The van der Waals surface area contributed by atoms with Crippen LogP contribution in [-0.2, 0) is 10.0 Å². The monoisotopic (exact) mass is 312 g/mol. The predicted molar refractivity (Wildman–Crippen MR) is 82.5 cm³/mol. The van der Waals surface area contributed by atoms with Gasteiger partial charge in [0.1, 0.15) is 0 Å². The van der Waals surface area contributed by atoms with Crippen molar-refractivity contribution in [3.05, 3.63) is 29.8 Å². The molecule has 5 nitrogen and oxygen atoms in total. The van der Waals surface area contributed by atoms with Crippen LogP contribution in [0.2, 0.25) is 0 Å². The minimum atomic E-state index is -3.50. The van der Waals surface area contributed by atoms with Crippen molar-refractivity contribution in [2.75, 3.05) is 19.6 Å². The zero-order valence-corrected chi connectivity index (χ0v) is 13.4. The molecule has 0 bridgehead atoms. The molecular formula is C15H24N2O3S. The van der Waals surface area contributed by atoms with Crippen LogP contribution in [0.3, 0.4) is 0 Å². The summed E-state index contributed by atoms with van der Waals surface area (Å²) in [6.45, 7) is 5.60. The standard InChI is InChI=1S/C15H24N2O3S/c1-3-8-16-12(2)13-5-4-6-15(10-13)21(19,20)17-9-7-14(18)11-17/h4-6,10,12,14,16,18H,3,7-9,11H2,1-2H3. The molecule has 0 saturated carbocycles. The lowest BCUT2D eigenvalue weighted by molar-refractivity contribution is 0.189. The van der Waals surface area contributed by atoms with Gasteiger partial charge in [0.2, 0.25) is 10.0 Å². The lowest BCUT2D eigenvalue weighted by atomic mass is 10.1. The first kappa shape index (κ1) is 16.4. The van der Waals surface area contributed by atoms with Gasteiger partial charge in [0.05, 0.1) is 11.0 Å². The normalized spacial score (nSPS) is 21.6. The molecule has 2 N–H and O–H groups in total. The number of aliphatic hydroxyl groups excluding tert-OH is 1. The van der Waals surface area contributed by atoms with Gasteiger partial charge in [-0.1, -0.05) is 19.1 Å². The van der Waals surface area contributed by atoms with E-state index in [0.29, 0.717) is 17.9 Å². The maximum atomic E-state index is 12.6. The molecule has 2 unspecified atom stereocenters. The van der Waals surface area contributed by atoms with E-state index in [1.807, 2.05) is 13.0 Å². The summed E-state index contributed by atoms with van der Waals surface area (Å²) in [6.07, 6.45) is 0.995. The van der Waals surface area contributed by atoms with Crippen molar-refractivity contribution in [1.82, 2.24) is 9.62 Å². The van der Waals surface area contributed by atoms with E-state index < -0.39 is 16.1 Å². The largest absolute Gasteiger partial charge is 0.392 e. The molecule has 0 amide bonds. The summed E-state index contributed by atoms with van der Waals surface area (Å²) in [7, 11) is -3.50. The Balaban J connectivity index is 2.20. The highest BCUT2D eigenvalue weighted by molar-refractivity contribution is 7.89. The molecule has 1 saturated heterocycles. The highest BCUT2D eigenvalue weighted by atomic mass is 32.2. The van der Waals surface area contributed by atoms with E-state index >= 15 is 0 Å². The number of β-amino-alcohol motifs (C(OH)–C–C–N with tert-alkyl or cyclic N) is 1. The van der Waals surface area contributed by atoms with Gasteiger partial charge in [-0.15, -0.1) is 0 Å². The molecule has 1 aliphatic rings. The van der Waals surface area contributed by atoms with Crippen molar-refractivity contribution in [2.45, 2.75) is 43.7 Å². The molecule has 1 aromatic rings. The Morgan fingerprint density at radius 3 is 2.86 bits per heavy atom. The smallest absolute Gasteiger partial charge is 0.243 e. The van der Waals surface area contributed by atoms with Crippen LogP contribution in [0.25, 0.3) is 0 Å². The number of rotatable bonds is 6. The van der Waals surface area contributed by atoms with Crippen LogP contribution in [0.15, 0.2) is 29.2 Å². The summed E-state index contributed by atoms with van der Waals surface area (Å²) in [5, 5.41) is 12.9. The van der Waals surface area contributed by atoms with Crippen LogP contribution in [0.1, 0.15) is 38.3 Å². The Morgan fingerprint density at radius 1 is 1.48 bits per heavy atom. The van der Waals surface area contributed by atoms with E-state index in [4.69, 9.17) is 0 Å². The second kappa shape index (κ2) is 6.87. The van der Waals surface area contributed by atoms with Gasteiger partial charge < -0.3 is 10.4 Å². The fourth-order valence-corrected chi connectivity index (χ4v) is 4.05. The molecule has 0 aliphatic carbocycles. The quantitative estimate of drug-likeness (QED) is 0.835. The summed E-state index contributed by atoms with van der Waals surface area (Å²) in [4.78, 5) is 0.305. The maximum Gasteiger partial charge on any atom is 0.243 e. The molecule has 0 radical (unpaired) electrons. The van der Waals surface area contributed by atoms with Crippen LogP contribution < -0.4 is 5.32 Å². The molecule has 0 aromatic heterocycles. The average Bonchev–Trinajstić information content (AvgIpc) is 2.92. The van der Waals surface area contributed by atoms with Gasteiger partial charge >= 0.3 is 0 Å². The van der Waals surface area contributed by atoms with Gasteiger partial charge in [0, 0.05) is 19.1 Å². The first-order chi connectivity index (χ1) is 9.95. The first-order valence-electron chi connectivity index (χ1n) is 7.46. The van der Waals surface area contributed by atoms with Crippen molar-refractivity contribution >= 4 is 10.0 Å². The SMILES string of the molecule is CCCNC(C)c1cccc(S(=O)(=O)N2CCC(O)C2)c1. The summed E-state index contributed by atoms with van der Waals surface area (Å²) < 4.78 is 26.5. The molecule has 1 heterocycles. The minimum Gasteiger partial charge on any atom is -0.392 e. The number of nitrogens with one attached hydrogen (secondary N) is 1. The number of hydrogen-bond donors (Lipinski definition) is 2. The summed E-state index contributed by atoms with van der Waals surface area (Å²) >= 11 is 0. The van der Waals surface area contributed by atoms with Gasteiger partial charge in [-0.25, -0.2) is 8.42 Å². The van der Waals surface area contributed by atoms with Gasteiger partial charge in [-0.2, -0.15) is 4.31 Å². The van der Waals surface area contributed by atoms with Gasteiger partial charge in [0.25, 0.3) is 0 Å². The Bertz CT molecular complexity index is 574. The predicted octanol–water partition coefficient (Wildman–Crippen LogP) is 1.50. The number of sulfonamides is 1. The minimum absolute atomic E-state index is 0.115. The fourth-order valence-electron chi connectivity index (χ4n) is 2.50. The number of hydrogen-bond acceptors (Lipinski definition) is 4. The van der Waals surface area contributed by atoms with Gasteiger partial charge in [0.15, 0.2) is 0 Å². The van der Waals surface area contributed by atoms with Crippen LogP contribution in [-0.4, -0.2) is 43.6 Å². The molecule has 1 aliphatic heterocycles. The zero-order chi connectivity index (χ0) is 15.5. The molecule has 1 aromatic carbocycles. The maximum absolute atomic E-state index is 12.6. The van der Waals surface area contributed by atoms with Crippen molar-refractivity contribution in [3.8, 4) is 0 Å². The molecule has 21 heavy (non-hydrogen) atoms. The van der Waals surface area contributed by atoms with Gasteiger partial charge in [-0.3, -0.25) is 0 Å². The lowest BCUT2D eigenvalue weighted by Gasteiger charge is -2.18. The van der Waals surface area contributed by atoms with E-state index in [1.54, 1.807) is 18.2 Å². The number of benzene rings is 1. The molecule has 6 heteroatoms. The van der Waals surface area contributed by atoms with Crippen LogP contribution >= 0.6 is 0 Å². The van der Waals surface area contributed by atoms with E-state index in [1.165, 1.54) is 4.31 Å². The molecule has 2 rings (SSSR count). The second-order valence-corrected chi connectivity index (χ2v) is 7.49. The van der Waals surface area contributed by atoms with Crippen molar-refractivity contribution < 1.29 is 13.5 Å². The topological polar surface area (TPSA) is 69.6 Å². The lowest BCUT2D eigenvalue weighted by Crippen LogP contribution is -2.30. The van der Waals surface area contributed by atoms with E-state index in [-0.39, 0.29) is 12.6 Å². The van der Waals surface area contributed by atoms with Crippen LogP contribution in [0.5, 0.6) is 0 Å². The van der Waals surface area contributed by atoms with Crippen molar-refractivity contribution in [2.24, 2.45) is 0 Å². The van der Waals surface area contributed by atoms with Crippen molar-refractivity contribution in [3.63, 3.8) is 0 Å². The van der Waals surface area contributed by atoms with Crippen molar-refractivity contribution in [1.29, 1.82) is 0 Å². The summed E-state index contributed by atoms with van der Waals surface area (Å²) in [5.41, 5.74) is 0.962. The fraction of sp³-hybridized carbons (Fsp3) is 0.600. The number of nitrogens with zero attached hydrogens (tertiary/aromatic N) is 1. The Kier molecular flexibility index (Phi) is 5.37. The summed E-state index contributed by atoms with van der Waals surface area (Å²) in [6, 6.07) is 7.18. The summed E-state index contributed by atoms with van der Waals surface area (Å²) in [5.74, 6) is 0. The Hall–Kier alpha value is -0.950. The van der Waals surface area contributed by atoms with Crippen LogP contribution in [0, 0.1) is 0 Å². The third-order valence-corrected chi connectivity index (χ3v) is 5.68. The average molecular weight is 312 g/mol. The van der Waals surface area contributed by atoms with E-state index in [2.05, 4.69) is 12.2 Å². The first-order valence-corrected chi connectivity index (χ1v) is 8.90. The van der Waals surface area contributed by atoms with E-state index in [9.17, 15) is 13.5 Å². The highest BCUT2D eigenvalue weighted by Gasteiger charge is 2.31. The molecule has 118 valence electrons. The molecule has 1 fully saturated rings. The zero-order valence-electron chi connectivity index (χ0n) is 12.6. The molecular weight excluding hydrogens is 288 g/mol. The number of aliphatic hydroxyl groups is 1. The Labute approximate surface area is 127 Å².